The molecule has 0 saturated heterocycles. The van der Waals surface area contributed by atoms with Gasteiger partial charge < -0.3 is 5.11 Å². The van der Waals surface area contributed by atoms with Crippen LogP contribution in [0, 0.1) is 0 Å². The molecular weight excluding hydrogens is 196 g/mol. The zero-order valence-electron chi connectivity index (χ0n) is 10.8. The Balaban J connectivity index is 2.62. The number of rotatable bonds is 1. The summed E-state index contributed by atoms with van der Waals surface area (Å²) in [5.74, 6) is 0.396. The van der Waals surface area contributed by atoms with Gasteiger partial charge in [0.1, 0.15) is 5.75 Å². The van der Waals surface area contributed by atoms with Gasteiger partial charge in [-0.15, -0.1) is 0 Å². The predicted molar refractivity (Wildman–Crippen MR) is 68.0 cm³/mol. The van der Waals surface area contributed by atoms with E-state index in [0.29, 0.717) is 11.2 Å². The third-order valence-corrected chi connectivity index (χ3v) is 4.46. The van der Waals surface area contributed by atoms with E-state index in [1.165, 1.54) is 30.4 Å². The van der Waals surface area contributed by atoms with Crippen molar-refractivity contribution in [2.24, 2.45) is 0 Å². The van der Waals surface area contributed by atoms with E-state index >= 15 is 0 Å². The molecule has 0 fully saturated rings. The normalized spacial score (nSPS) is 27.5. The van der Waals surface area contributed by atoms with E-state index < -0.39 is 0 Å². The Morgan fingerprint density at radius 2 is 1.81 bits per heavy atom. The second kappa shape index (κ2) is 3.51. The van der Waals surface area contributed by atoms with E-state index in [-0.39, 0.29) is 5.41 Å². The first-order valence-corrected chi connectivity index (χ1v) is 6.23. The summed E-state index contributed by atoms with van der Waals surface area (Å²) in [5, 5.41) is 9.66. The Morgan fingerprint density at radius 3 is 2.44 bits per heavy atom. The monoisotopic (exact) mass is 218 g/mol. The van der Waals surface area contributed by atoms with Gasteiger partial charge in [-0.1, -0.05) is 33.8 Å². The molecule has 0 spiro atoms. The smallest absolute Gasteiger partial charge is 0.115 e. The topological polar surface area (TPSA) is 20.2 Å². The molecule has 1 unspecified atom stereocenters. The molecule has 1 aliphatic rings. The van der Waals surface area contributed by atoms with Gasteiger partial charge in [0.15, 0.2) is 0 Å². The molecule has 0 amide bonds. The molecule has 1 aromatic carbocycles. The first-order valence-electron chi connectivity index (χ1n) is 6.23. The van der Waals surface area contributed by atoms with Crippen molar-refractivity contribution in [3.8, 4) is 5.75 Å². The highest BCUT2D eigenvalue weighted by molar-refractivity contribution is 5.45. The van der Waals surface area contributed by atoms with E-state index in [1.807, 2.05) is 12.1 Å². The van der Waals surface area contributed by atoms with Crippen molar-refractivity contribution in [3.63, 3.8) is 0 Å². The number of fused-ring (bicyclic) bond motifs is 1. The predicted octanol–water partition coefficient (Wildman–Crippen LogP) is 4.13. The van der Waals surface area contributed by atoms with Gasteiger partial charge in [-0.2, -0.15) is 0 Å². The Hall–Kier alpha value is -0.980. The van der Waals surface area contributed by atoms with E-state index in [9.17, 15) is 5.11 Å². The van der Waals surface area contributed by atoms with Gasteiger partial charge in [-0.05, 0) is 53.4 Å². The summed E-state index contributed by atoms with van der Waals surface area (Å²) < 4.78 is 0. The van der Waals surface area contributed by atoms with Crippen LogP contribution in [0.3, 0.4) is 0 Å². The van der Waals surface area contributed by atoms with Crippen molar-refractivity contribution in [1.29, 1.82) is 0 Å². The van der Waals surface area contributed by atoms with Crippen molar-refractivity contribution in [2.75, 3.05) is 0 Å². The number of aromatic hydroxyl groups is 1. The Morgan fingerprint density at radius 1 is 1.12 bits per heavy atom. The maximum absolute atomic E-state index is 9.66. The van der Waals surface area contributed by atoms with Crippen molar-refractivity contribution in [3.05, 3.63) is 29.3 Å². The molecule has 1 heteroatoms. The van der Waals surface area contributed by atoms with E-state index in [1.54, 1.807) is 0 Å². The third kappa shape index (κ3) is 1.63. The maximum Gasteiger partial charge on any atom is 0.115 e. The summed E-state index contributed by atoms with van der Waals surface area (Å²) in [6.07, 6.45) is 3.61. The van der Waals surface area contributed by atoms with Crippen LogP contribution in [0.5, 0.6) is 5.75 Å². The molecule has 0 aliphatic heterocycles. The van der Waals surface area contributed by atoms with Crippen molar-refractivity contribution < 1.29 is 5.11 Å². The molecule has 16 heavy (non-hydrogen) atoms. The second-order valence-corrected chi connectivity index (χ2v) is 6.03. The van der Waals surface area contributed by atoms with Crippen LogP contribution >= 0.6 is 0 Å². The quantitative estimate of drug-likeness (QED) is 0.751. The molecule has 0 radical (unpaired) electrons. The average Bonchev–Trinajstić information content (AvgIpc) is 2.25. The van der Waals surface area contributed by atoms with Gasteiger partial charge >= 0.3 is 0 Å². The van der Waals surface area contributed by atoms with Gasteiger partial charge in [0.2, 0.25) is 0 Å². The van der Waals surface area contributed by atoms with Gasteiger partial charge in [0, 0.05) is 0 Å². The average molecular weight is 218 g/mol. The lowest BCUT2D eigenvalue weighted by Gasteiger charge is -2.43. The largest absolute Gasteiger partial charge is 0.508 e. The van der Waals surface area contributed by atoms with E-state index in [2.05, 4.69) is 33.8 Å². The van der Waals surface area contributed by atoms with Crippen molar-refractivity contribution in [2.45, 2.75) is 57.8 Å². The number of phenolic OH excluding ortho intramolecular Hbond substituents is 1. The molecular formula is C15H22O. The van der Waals surface area contributed by atoms with Crippen LogP contribution in [0.1, 0.15) is 58.1 Å². The van der Waals surface area contributed by atoms with Crippen LogP contribution in [0.4, 0.5) is 0 Å². The summed E-state index contributed by atoms with van der Waals surface area (Å²) in [7, 11) is 0. The van der Waals surface area contributed by atoms with Crippen LogP contribution in [0.15, 0.2) is 18.2 Å². The molecule has 1 N–H and O–H groups in total. The molecule has 2 rings (SSSR count). The molecule has 0 aromatic heterocycles. The third-order valence-electron chi connectivity index (χ3n) is 4.46. The lowest BCUT2D eigenvalue weighted by molar-refractivity contribution is 0.303. The number of hydrogen-bond donors (Lipinski definition) is 1. The molecule has 0 saturated carbocycles. The van der Waals surface area contributed by atoms with Crippen LogP contribution in [-0.2, 0) is 10.8 Å². The van der Waals surface area contributed by atoms with Crippen LogP contribution in [0.25, 0.3) is 0 Å². The Bertz CT molecular complexity index is 406. The van der Waals surface area contributed by atoms with E-state index in [0.717, 1.165) is 0 Å². The van der Waals surface area contributed by atoms with Gasteiger partial charge in [-0.3, -0.25) is 0 Å². The highest BCUT2D eigenvalue weighted by Gasteiger charge is 2.38. The van der Waals surface area contributed by atoms with Crippen molar-refractivity contribution >= 4 is 0 Å². The first-order chi connectivity index (χ1) is 7.39. The molecule has 1 aliphatic carbocycles. The molecule has 0 bridgehead atoms. The summed E-state index contributed by atoms with van der Waals surface area (Å²) in [5.41, 5.74) is 3.26. The number of hydrogen-bond acceptors (Lipinski definition) is 1. The number of benzene rings is 1. The zero-order valence-corrected chi connectivity index (χ0v) is 10.8. The SMILES string of the molecule is CCC1(C)CCC(C)(C)c2cc(O)ccc21. The molecule has 1 nitrogen and oxygen atoms in total. The summed E-state index contributed by atoms with van der Waals surface area (Å²) >= 11 is 0. The fourth-order valence-corrected chi connectivity index (χ4v) is 2.84. The van der Waals surface area contributed by atoms with Gasteiger partial charge in [-0.25, -0.2) is 0 Å². The molecule has 1 atom stereocenters. The minimum atomic E-state index is 0.197. The van der Waals surface area contributed by atoms with Crippen molar-refractivity contribution in [1.82, 2.24) is 0 Å². The standard InChI is InChI=1S/C15H22O/c1-5-15(4)9-8-14(2,3)13-10-11(16)6-7-12(13)15/h6-7,10,16H,5,8-9H2,1-4H3. The van der Waals surface area contributed by atoms with E-state index in [4.69, 9.17) is 0 Å². The molecule has 0 heterocycles. The lowest BCUT2D eigenvalue weighted by atomic mass is 9.61. The highest BCUT2D eigenvalue weighted by Crippen LogP contribution is 2.48. The summed E-state index contributed by atoms with van der Waals surface area (Å²) in [6, 6.07) is 5.91. The Labute approximate surface area is 98.5 Å². The molecule has 88 valence electrons. The minimum Gasteiger partial charge on any atom is -0.508 e. The lowest BCUT2D eigenvalue weighted by Crippen LogP contribution is -2.35. The fourth-order valence-electron chi connectivity index (χ4n) is 2.84. The maximum atomic E-state index is 9.66. The molecule has 1 aromatic rings. The summed E-state index contributed by atoms with van der Waals surface area (Å²) in [6.45, 7) is 9.16. The van der Waals surface area contributed by atoms with Gasteiger partial charge in [0.25, 0.3) is 0 Å². The zero-order chi connectivity index (χ0) is 12.0. The first kappa shape index (κ1) is 11.5. The fraction of sp³-hybridized carbons (Fsp3) is 0.600. The highest BCUT2D eigenvalue weighted by atomic mass is 16.3. The Kier molecular flexibility index (Phi) is 2.52. The van der Waals surface area contributed by atoms with Crippen LogP contribution < -0.4 is 0 Å². The second-order valence-electron chi connectivity index (χ2n) is 6.03. The summed E-state index contributed by atoms with van der Waals surface area (Å²) in [4.78, 5) is 0. The minimum absolute atomic E-state index is 0.197. The van der Waals surface area contributed by atoms with Crippen LogP contribution in [-0.4, -0.2) is 5.11 Å². The van der Waals surface area contributed by atoms with Crippen LogP contribution in [0.2, 0.25) is 0 Å². The number of phenols is 1. The van der Waals surface area contributed by atoms with Gasteiger partial charge in [0.05, 0.1) is 0 Å².